The molecule has 0 N–H and O–H groups in total. The number of hydrogen-bond donors (Lipinski definition) is 0. The van der Waals surface area contributed by atoms with Crippen LogP contribution >= 0.6 is 0 Å². The van der Waals surface area contributed by atoms with E-state index in [0.717, 1.165) is 0 Å². The minimum Gasteiger partial charge on any atom is -0.469 e. The van der Waals surface area contributed by atoms with Gasteiger partial charge in [-0.2, -0.15) is 0 Å². The number of esters is 2. The van der Waals surface area contributed by atoms with E-state index in [4.69, 9.17) is 18.9 Å². The summed E-state index contributed by atoms with van der Waals surface area (Å²) in [7, 11) is 2.60. The van der Waals surface area contributed by atoms with Gasteiger partial charge in [-0.1, -0.05) is 0 Å². The molecule has 3 heterocycles. The fourth-order valence-corrected chi connectivity index (χ4v) is 3.25. The van der Waals surface area contributed by atoms with E-state index in [-0.39, 0.29) is 18.3 Å². The van der Waals surface area contributed by atoms with Crippen LogP contribution in [0.25, 0.3) is 0 Å². The van der Waals surface area contributed by atoms with Crippen molar-refractivity contribution in [1.29, 1.82) is 0 Å². The third-order valence-electron chi connectivity index (χ3n) is 4.06. The molecular formula is C11H14O6. The van der Waals surface area contributed by atoms with Gasteiger partial charge in [0, 0.05) is 0 Å². The number of carbonyl (C=O) groups excluding carboxylic acids is 2. The summed E-state index contributed by atoms with van der Waals surface area (Å²) in [4.78, 5) is 23.6. The number of epoxide rings is 1. The third kappa shape index (κ3) is 1.17. The summed E-state index contributed by atoms with van der Waals surface area (Å²) in [5, 5.41) is 0. The lowest BCUT2D eigenvalue weighted by Gasteiger charge is -2.28. The Hall–Kier alpha value is -1.14. The number of fused-ring (bicyclic) bond motifs is 5. The molecule has 0 unspecified atom stereocenters. The van der Waals surface area contributed by atoms with E-state index >= 15 is 0 Å². The molecule has 3 saturated heterocycles. The lowest BCUT2D eigenvalue weighted by atomic mass is 9.72. The van der Waals surface area contributed by atoms with Gasteiger partial charge in [0.25, 0.3) is 0 Å². The molecule has 3 rings (SSSR count). The molecule has 0 radical (unpaired) electrons. The second-order valence-corrected chi connectivity index (χ2v) is 4.84. The number of hydrogen-bond acceptors (Lipinski definition) is 6. The molecule has 0 aromatic rings. The summed E-state index contributed by atoms with van der Waals surface area (Å²) in [6, 6.07) is 0. The number of methoxy groups -OCH3 is 2. The second kappa shape index (κ2) is 3.20. The summed E-state index contributed by atoms with van der Waals surface area (Å²) in [5.41, 5.74) is -0.763. The summed E-state index contributed by atoms with van der Waals surface area (Å²) < 4.78 is 20.7. The molecular weight excluding hydrogens is 228 g/mol. The average molecular weight is 242 g/mol. The van der Waals surface area contributed by atoms with Gasteiger partial charge in [-0.15, -0.1) is 0 Å². The van der Waals surface area contributed by atoms with Gasteiger partial charge in [0.2, 0.25) is 0 Å². The van der Waals surface area contributed by atoms with E-state index in [9.17, 15) is 9.59 Å². The lowest BCUT2D eigenvalue weighted by molar-refractivity contribution is -0.159. The molecule has 3 fully saturated rings. The van der Waals surface area contributed by atoms with Crippen LogP contribution in [-0.4, -0.2) is 50.1 Å². The van der Waals surface area contributed by atoms with E-state index in [1.807, 2.05) is 0 Å². The van der Waals surface area contributed by atoms with Crippen LogP contribution in [0.2, 0.25) is 0 Å². The Balaban J connectivity index is 1.97. The summed E-state index contributed by atoms with van der Waals surface area (Å²) in [6.07, 6.45) is -0.566. The topological polar surface area (TPSA) is 74.4 Å². The minimum absolute atomic E-state index is 0.0787. The zero-order chi connectivity index (χ0) is 12.4. The van der Waals surface area contributed by atoms with Crippen LogP contribution < -0.4 is 0 Å². The van der Waals surface area contributed by atoms with Crippen LogP contribution in [0.4, 0.5) is 0 Å². The van der Waals surface area contributed by atoms with Gasteiger partial charge in [0.15, 0.2) is 0 Å². The van der Waals surface area contributed by atoms with Crippen molar-refractivity contribution in [3.05, 3.63) is 0 Å². The molecule has 0 aliphatic carbocycles. The number of rotatable bonds is 2. The maximum Gasteiger partial charge on any atom is 0.312 e. The Labute approximate surface area is 98.1 Å². The van der Waals surface area contributed by atoms with Crippen molar-refractivity contribution in [2.24, 2.45) is 11.8 Å². The van der Waals surface area contributed by atoms with Crippen LogP contribution in [0.5, 0.6) is 0 Å². The zero-order valence-corrected chi connectivity index (χ0v) is 9.84. The van der Waals surface area contributed by atoms with E-state index < -0.39 is 29.4 Å². The fourth-order valence-electron chi connectivity index (χ4n) is 3.25. The van der Waals surface area contributed by atoms with Crippen LogP contribution in [0, 0.1) is 11.8 Å². The Morgan fingerprint density at radius 3 is 2.35 bits per heavy atom. The molecule has 0 saturated carbocycles. The van der Waals surface area contributed by atoms with Crippen molar-refractivity contribution in [3.8, 4) is 0 Å². The predicted octanol–water partition coefficient (Wildman–Crippen LogP) is -0.497. The van der Waals surface area contributed by atoms with Crippen molar-refractivity contribution in [3.63, 3.8) is 0 Å². The standard InChI is InChI=1S/C11H14O6/c1-11-5(10(13)15-3)4(9(12)14-2)6(17-11)7-8(11)16-7/h4-8H,1-3H3/t4-,5-,6+,7-,8+,11+/m0/s1. The molecule has 6 heteroatoms. The summed E-state index contributed by atoms with van der Waals surface area (Å²) in [6.45, 7) is 1.79. The SMILES string of the molecule is COC(=O)[C@@H]1[C@H]2O[C@@](C)([C@@H]3O[C@@H]23)[C@@H]1C(=O)OC. The number of carbonyl (C=O) groups is 2. The van der Waals surface area contributed by atoms with Crippen molar-refractivity contribution in [2.45, 2.75) is 30.8 Å². The molecule has 0 aromatic carbocycles. The Morgan fingerprint density at radius 1 is 1.12 bits per heavy atom. The zero-order valence-electron chi connectivity index (χ0n) is 9.84. The maximum absolute atomic E-state index is 11.8. The highest BCUT2D eigenvalue weighted by atomic mass is 16.7. The van der Waals surface area contributed by atoms with Crippen molar-refractivity contribution in [2.75, 3.05) is 14.2 Å². The summed E-state index contributed by atoms with van der Waals surface area (Å²) >= 11 is 0. The average Bonchev–Trinajstić information content (AvgIpc) is 3.02. The van der Waals surface area contributed by atoms with Gasteiger partial charge in [-0.05, 0) is 6.92 Å². The first kappa shape index (κ1) is 11.0. The molecule has 0 aromatic heterocycles. The van der Waals surface area contributed by atoms with E-state index in [1.54, 1.807) is 6.92 Å². The fraction of sp³-hybridized carbons (Fsp3) is 0.818. The molecule has 0 amide bonds. The van der Waals surface area contributed by atoms with Crippen LogP contribution in [0.15, 0.2) is 0 Å². The molecule has 0 spiro atoms. The van der Waals surface area contributed by atoms with Crippen LogP contribution in [-0.2, 0) is 28.5 Å². The second-order valence-electron chi connectivity index (χ2n) is 4.84. The van der Waals surface area contributed by atoms with Gasteiger partial charge >= 0.3 is 11.9 Å². The number of ether oxygens (including phenoxy) is 4. The van der Waals surface area contributed by atoms with Crippen LogP contribution in [0.3, 0.4) is 0 Å². The molecule has 2 bridgehead atoms. The van der Waals surface area contributed by atoms with Crippen molar-refractivity contribution < 1.29 is 28.5 Å². The molecule has 6 nitrogen and oxygen atoms in total. The van der Waals surface area contributed by atoms with Gasteiger partial charge < -0.3 is 18.9 Å². The highest BCUT2D eigenvalue weighted by Gasteiger charge is 2.78. The minimum atomic E-state index is -0.763. The molecule has 6 atom stereocenters. The van der Waals surface area contributed by atoms with E-state index in [0.29, 0.717) is 0 Å². The summed E-state index contributed by atoms with van der Waals surface area (Å²) in [5.74, 6) is -2.16. The molecule has 94 valence electrons. The van der Waals surface area contributed by atoms with Gasteiger partial charge in [-0.25, -0.2) is 0 Å². The van der Waals surface area contributed by atoms with Gasteiger partial charge in [0.05, 0.1) is 14.2 Å². The smallest absolute Gasteiger partial charge is 0.312 e. The third-order valence-corrected chi connectivity index (χ3v) is 4.06. The highest BCUT2D eigenvalue weighted by molar-refractivity contribution is 5.85. The van der Waals surface area contributed by atoms with Crippen LogP contribution in [0.1, 0.15) is 6.92 Å². The monoisotopic (exact) mass is 242 g/mol. The van der Waals surface area contributed by atoms with Crippen molar-refractivity contribution in [1.82, 2.24) is 0 Å². The Bertz CT molecular complexity index is 393. The Morgan fingerprint density at radius 2 is 1.76 bits per heavy atom. The first-order chi connectivity index (χ1) is 8.04. The molecule has 17 heavy (non-hydrogen) atoms. The van der Waals surface area contributed by atoms with E-state index in [1.165, 1.54) is 14.2 Å². The maximum atomic E-state index is 11.8. The van der Waals surface area contributed by atoms with Crippen molar-refractivity contribution >= 4 is 11.9 Å². The molecule has 3 aliphatic heterocycles. The van der Waals surface area contributed by atoms with Gasteiger partial charge in [0.1, 0.15) is 35.7 Å². The van der Waals surface area contributed by atoms with Gasteiger partial charge in [-0.3, -0.25) is 9.59 Å². The normalized spacial score (nSPS) is 49.7. The predicted molar refractivity (Wildman–Crippen MR) is 53.0 cm³/mol. The molecule has 3 aliphatic rings. The Kier molecular flexibility index (Phi) is 2.07. The van der Waals surface area contributed by atoms with E-state index in [2.05, 4.69) is 0 Å². The first-order valence-electron chi connectivity index (χ1n) is 5.53. The highest BCUT2D eigenvalue weighted by Crippen LogP contribution is 2.60. The quantitative estimate of drug-likeness (QED) is 0.480. The lowest BCUT2D eigenvalue weighted by Crippen LogP contribution is -2.48. The first-order valence-corrected chi connectivity index (χ1v) is 5.53. The largest absolute Gasteiger partial charge is 0.469 e.